The van der Waals surface area contributed by atoms with Crippen molar-refractivity contribution >= 4 is 11.8 Å². The molecule has 11 nitrogen and oxygen atoms in total. The Bertz CT molecular complexity index is 1520. The minimum Gasteiger partial charge on any atom is -0.530 e. The summed E-state index contributed by atoms with van der Waals surface area (Å²) < 4.78 is 1.90. The minimum absolute atomic E-state index is 0.0275. The number of non-ortho nitro benzene ring substituents is 1. The first-order valence-electron chi connectivity index (χ1n) is 14.9. The summed E-state index contributed by atoms with van der Waals surface area (Å²) in [6, 6.07) is 26.4. The maximum absolute atomic E-state index is 11.7. The van der Waals surface area contributed by atoms with Crippen molar-refractivity contribution in [3.63, 3.8) is 0 Å². The van der Waals surface area contributed by atoms with E-state index in [1.165, 1.54) is 22.6 Å². The Morgan fingerprint density at radius 2 is 1.68 bits per heavy atom. The minimum atomic E-state index is -1.27. The number of nitro groups is 1. The molecule has 0 radical (unpaired) electrons. The molecule has 1 saturated heterocycles. The number of amides is 1. The molecule has 0 saturated carbocycles. The van der Waals surface area contributed by atoms with Gasteiger partial charge < -0.3 is 19.7 Å². The van der Waals surface area contributed by atoms with Crippen molar-refractivity contribution < 1.29 is 14.8 Å². The van der Waals surface area contributed by atoms with E-state index in [0.29, 0.717) is 18.0 Å². The summed E-state index contributed by atoms with van der Waals surface area (Å²) in [6.07, 6.45) is 5.72. The zero-order valence-corrected chi connectivity index (χ0v) is 24.5. The lowest BCUT2D eigenvalue weighted by atomic mass is 9.93. The van der Waals surface area contributed by atoms with Crippen molar-refractivity contribution in [3.8, 4) is 11.4 Å². The molecule has 11 heteroatoms. The first-order chi connectivity index (χ1) is 21.5. The smallest absolute Gasteiger partial charge is 0.269 e. The highest BCUT2D eigenvalue weighted by Gasteiger charge is 2.21. The van der Waals surface area contributed by atoms with Crippen LogP contribution in [0.15, 0.2) is 97.1 Å². The number of aromatic nitrogens is 4. The van der Waals surface area contributed by atoms with E-state index in [0.717, 1.165) is 50.3 Å². The Morgan fingerprint density at radius 3 is 2.34 bits per heavy atom. The molecule has 0 bridgehead atoms. The van der Waals surface area contributed by atoms with Gasteiger partial charge in [0.25, 0.3) is 5.69 Å². The maximum Gasteiger partial charge on any atom is 0.269 e. The summed E-state index contributed by atoms with van der Waals surface area (Å²) in [7, 11) is 0. The molecule has 1 aromatic heterocycles. The van der Waals surface area contributed by atoms with E-state index in [1.54, 1.807) is 12.1 Å². The fraction of sp³-hybridized carbons (Fsp3) is 0.333. The lowest BCUT2D eigenvalue weighted by Gasteiger charge is -2.32. The third kappa shape index (κ3) is 8.35. The molecule has 2 heterocycles. The van der Waals surface area contributed by atoms with Gasteiger partial charge >= 0.3 is 0 Å². The Hall–Kier alpha value is -4.90. The molecule has 228 valence electrons. The Morgan fingerprint density at radius 1 is 1.00 bits per heavy atom. The largest absolute Gasteiger partial charge is 0.530 e. The molecule has 4 aromatic rings. The average molecular weight is 595 g/mol. The third-order valence-corrected chi connectivity index (χ3v) is 8.17. The van der Waals surface area contributed by atoms with Crippen LogP contribution in [0.4, 0.5) is 10.5 Å². The number of benzene rings is 3. The van der Waals surface area contributed by atoms with Crippen molar-refractivity contribution in [1.82, 2.24) is 30.0 Å². The van der Waals surface area contributed by atoms with Gasteiger partial charge in [-0.2, -0.15) is 0 Å². The summed E-state index contributed by atoms with van der Waals surface area (Å²) in [5.74, 6) is 1.41. The molecule has 5 rings (SSSR count). The number of carbonyl (C=O) groups is 1. The molecule has 1 atom stereocenters. The fourth-order valence-electron chi connectivity index (χ4n) is 5.65. The lowest BCUT2D eigenvalue weighted by Crippen LogP contribution is -2.40. The molecule has 1 fully saturated rings. The number of carboxylic acid groups (broad SMARTS) is 1. The van der Waals surface area contributed by atoms with E-state index in [4.69, 9.17) is 0 Å². The van der Waals surface area contributed by atoms with Crippen LogP contribution in [0, 0.1) is 16.0 Å². The van der Waals surface area contributed by atoms with Crippen molar-refractivity contribution in [2.24, 2.45) is 5.92 Å². The van der Waals surface area contributed by atoms with Gasteiger partial charge in [0.05, 0.1) is 11.5 Å². The van der Waals surface area contributed by atoms with Crippen LogP contribution in [0.25, 0.3) is 11.4 Å². The number of hydrogen-bond donors (Lipinski definition) is 0. The second-order valence-electron chi connectivity index (χ2n) is 11.1. The number of carbonyl (C=O) groups excluding carboxylic acids is 1. The third-order valence-electron chi connectivity index (χ3n) is 8.17. The van der Waals surface area contributed by atoms with Crippen molar-refractivity contribution in [2.45, 2.75) is 38.3 Å². The number of allylic oxidation sites excluding steroid dienone is 1. The van der Waals surface area contributed by atoms with E-state index in [-0.39, 0.29) is 24.7 Å². The predicted octanol–water partition coefficient (Wildman–Crippen LogP) is 4.54. The highest BCUT2D eigenvalue weighted by molar-refractivity contribution is 5.62. The van der Waals surface area contributed by atoms with Crippen LogP contribution >= 0.6 is 0 Å². The van der Waals surface area contributed by atoms with E-state index < -0.39 is 11.0 Å². The van der Waals surface area contributed by atoms with Gasteiger partial charge in [0, 0.05) is 36.7 Å². The lowest BCUT2D eigenvalue weighted by molar-refractivity contribution is -0.384. The van der Waals surface area contributed by atoms with E-state index in [9.17, 15) is 20.0 Å². The summed E-state index contributed by atoms with van der Waals surface area (Å²) in [5.41, 5.74) is 2.91. The average Bonchev–Trinajstić information content (AvgIpc) is 3.52. The van der Waals surface area contributed by atoms with Crippen LogP contribution in [0.1, 0.15) is 36.3 Å². The molecule has 0 N–H and O–H groups in total. The Kier molecular flexibility index (Phi) is 10.4. The van der Waals surface area contributed by atoms with Crippen molar-refractivity contribution in [2.75, 3.05) is 26.2 Å². The van der Waals surface area contributed by atoms with Crippen LogP contribution < -0.4 is 5.11 Å². The van der Waals surface area contributed by atoms with Crippen LogP contribution in [-0.2, 0) is 13.1 Å². The number of hydrogen-bond acceptors (Lipinski definition) is 8. The topological polar surface area (TPSA) is 133 Å². The number of piperidine rings is 1. The molecule has 1 aliphatic heterocycles. The molecule has 3 aromatic carbocycles. The normalized spacial score (nSPS) is 14.9. The summed E-state index contributed by atoms with van der Waals surface area (Å²) >= 11 is 0. The monoisotopic (exact) mass is 594 g/mol. The molecule has 1 unspecified atom stereocenters. The number of tetrazole rings is 1. The summed E-state index contributed by atoms with van der Waals surface area (Å²) in [4.78, 5) is 25.8. The van der Waals surface area contributed by atoms with Gasteiger partial charge in [0.2, 0.25) is 0 Å². The first-order valence-corrected chi connectivity index (χ1v) is 14.9. The Balaban J connectivity index is 1.12. The highest BCUT2D eigenvalue weighted by atomic mass is 16.6. The molecule has 0 spiro atoms. The summed E-state index contributed by atoms with van der Waals surface area (Å²) in [5, 5.41) is 35.1. The zero-order chi connectivity index (χ0) is 30.7. The maximum atomic E-state index is 11.7. The predicted molar refractivity (Wildman–Crippen MR) is 164 cm³/mol. The van der Waals surface area contributed by atoms with Crippen molar-refractivity contribution in [1.29, 1.82) is 0 Å². The molecule has 1 aliphatic rings. The van der Waals surface area contributed by atoms with Gasteiger partial charge in [-0.1, -0.05) is 84.9 Å². The van der Waals surface area contributed by atoms with E-state index >= 15 is 0 Å². The molecular weight excluding hydrogens is 558 g/mol. The molecule has 1 amide bonds. The van der Waals surface area contributed by atoms with Gasteiger partial charge in [-0.3, -0.25) is 10.1 Å². The van der Waals surface area contributed by atoms with Gasteiger partial charge in [-0.05, 0) is 66.4 Å². The fourth-order valence-corrected chi connectivity index (χ4v) is 5.65. The zero-order valence-electron chi connectivity index (χ0n) is 24.5. The number of nitrogens with zero attached hydrogens (tertiary/aromatic N) is 7. The van der Waals surface area contributed by atoms with Crippen LogP contribution in [0.2, 0.25) is 0 Å². The standard InChI is InChI=1S/C33H37N7O4/c41-33(42)38(24-27-13-15-31(16-14-27)40(43)44)20-7-8-26-17-21-37(22-18-26)23-19-30(28-9-3-1-4-10-28)25-39-32(34-35-36-39)29-11-5-2-6-12-29/h1-16,26,30H,17-25H2,(H,41,42)/p-1. The Labute approximate surface area is 256 Å². The summed E-state index contributed by atoms with van der Waals surface area (Å²) in [6.45, 7) is 3.93. The quantitative estimate of drug-likeness (QED) is 0.125. The molecule has 44 heavy (non-hydrogen) atoms. The number of rotatable bonds is 13. The van der Waals surface area contributed by atoms with Gasteiger partial charge in [0.1, 0.15) is 6.09 Å². The van der Waals surface area contributed by atoms with E-state index in [1.807, 2.05) is 47.2 Å². The SMILES string of the molecule is O=C([O-])N(CC=CC1CCN(CCC(Cn2nnnc2-c2ccccc2)c2ccccc2)CC1)Cc1ccc([N+](=O)[O-])cc1. The first kappa shape index (κ1) is 30.6. The van der Waals surface area contributed by atoms with Crippen molar-refractivity contribution in [3.05, 3.63) is 118 Å². The van der Waals surface area contributed by atoms with Gasteiger partial charge in [-0.15, -0.1) is 5.10 Å². The molecular formula is C33H36N7O4-. The van der Waals surface area contributed by atoms with Crippen LogP contribution in [0.3, 0.4) is 0 Å². The van der Waals surface area contributed by atoms with Crippen LogP contribution in [0.5, 0.6) is 0 Å². The number of likely N-dealkylation sites (tertiary alicyclic amines) is 1. The second-order valence-corrected chi connectivity index (χ2v) is 11.1. The molecule has 0 aliphatic carbocycles. The van der Waals surface area contributed by atoms with Crippen LogP contribution in [-0.4, -0.2) is 67.2 Å². The number of nitro benzene ring substituents is 1. The second kappa shape index (κ2) is 15.0. The van der Waals surface area contributed by atoms with Gasteiger partial charge in [0.15, 0.2) is 5.82 Å². The highest BCUT2D eigenvalue weighted by Crippen LogP contribution is 2.26. The van der Waals surface area contributed by atoms with Gasteiger partial charge in [-0.25, -0.2) is 4.68 Å². The van der Waals surface area contributed by atoms with E-state index in [2.05, 4.69) is 50.8 Å².